The number of carbonyl (C=O) groups excluding carboxylic acids is 1. The van der Waals surface area contributed by atoms with E-state index in [9.17, 15) is 9.59 Å². The van der Waals surface area contributed by atoms with E-state index in [1.165, 1.54) is 11.3 Å². The van der Waals surface area contributed by atoms with Gasteiger partial charge in [0.05, 0.1) is 10.2 Å². The maximum Gasteiger partial charge on any atom is 0.308 e. The summed E-state index contributed by atoms with van der Waals surface area (Å²) in [6, 6.07) is 7.50. The number of carbonyl (C=O) groups is 1. The molecule has 9 heteroatoms. The number of fused-ring (bicyclic) bond motifs is 1. The summed E-state index contributed by atoms with van der Waals surface area (Å²) in [5, 5.41) is 15.3. The molecule has 2 heterocycles. The summed E-state index contributed by atoms with van der Waals surface area (Å²) in [4.78, 5) is 23.5. The monoisotopic (exact) mass is 290 g/mol. The summed E-state index contributed by atoms with van der Waals surface area (Å²) in [7, 11) is 0. The number of aryl methyl sites for hydroxylation is 1. The van der Waals surface area contributed by atoms with Crippen molar-refractivity contribution in [3.8, 4) is 0 Å². The van der Waals surface area contributed by atoms with Crippen molar-refractivity contribution in [1.29, 1.82) is 0 Å². The van der Waals surface area contributed by atoms with Crippen LogP contribution in [0.2, 0.25) is 0 Å². The van der Waals surface area contributed by atoms with Gasteiger partial charge in [-0.1, -0.05) is 28.6 Å². The summed E-state index contributed by atoms with van der Waals surface area (Å²) >= 11 is 1.17. The van der Waals surface area contributed by atoms with Crippen LogP contribution in [-0.4, -0.2) is 31.1 Å². The molecule has 0 atom stereocenters. The molecular weight excluding hydrogens is 280 g/mol. The number of rotatable bonds is 4. The number of nitrogens with zero attached hydrogens (tertiary/aromatic N) is 4. The van der Waals surface area contributed by atoms with E-state index in [1.54, 1.807) is 4.57 Å². The molecule has 3 rings (SSSR count). The molecule has 3 aromatic rings. The van der Waals surface area contributed by atoms with Crippen LogP contribution in [0.5, 0.6) is 0 Å². The van der Waals surface area contributed by atoms with Crippen LogP contribution in [0.1, 0.15) is 6.42 Å². The second-order valence-corrected chi connectivity index (χ2v) is 5.01. The maximum atomic E-state index is 11.9. The van der Waals surface area contributed by atoms with Gasteiger partial charge in [-0.2, -0.15) is 5.21 Å². The maximum absolute atomic E-state index is 11.9. The van der Waals surface area contributed by atoms with Crippen LogP contribution < -0.4 is 10.2 Å². The number of para-hydroxylation sites is 1. The normalized spacial score (nSPS) is 10.8. The molecule has 0 spiro atoms. The number of amides is 1. The minimum Gasteiger partial charge on any atom is -0.298 e. The largest absolute Gasteiger partial charge is 0.308 e. The Morgan fingerprint density at radius 2 is 2.25 bits per heavy atom. The fraction of sp³-hybridized carbons (Fsp3) is 0.182. The molecular formula is C11H10N6O2S. The number of aromatic amines is 1. The zero-order chi connectivity index (χ0) is 13.9. The number of tetrazole rings is 1. The lowest BCUT2D eigenvalue weighted by Gasteiger charge is -2.03. The first kappa shape index (κ1) is 12.5. The second-order valence-electron chi connectivity index (χ2n) is 4.02. The standard InChI is InChI=1S/C11H10N6O2S/c18-9(12-10-13-15-16-14-10)5-6-17-7-3-1-2-4-8(7)20-11(17)19/h1-4H,5-6H2,(H2,12,13,14,15,16,18). The molecule has 8 nitrogen and oxygen atoms in total. The predicted octanol–water partition coefficient (Wildman–Crippen LogP) is 0.605. The van der Waals surface area contributed by atoms with Gasteiger partial charge in [-0.15, -0.1) is 5.10 Å². The van der Waals surface area contributed by atoms with Crippen molar-refractivity contribution in [2.45, 2.75) is 13.0 Å². The second kappa shape index (κ2) is 5.21. The quantitative estimate of drug-likeness (QED) is 0.732. The molecule has 0 aliphatic carbocycles. The van der Waals surface area contributed by atoms with Gasteiger partial charge in [0, 0.05) is 13.0 Å². The Labute approximate surface area is 116 Å². The van der Waals surface area contributed by atoms with E-state index in [0.29, 0.717) is 6.54 Å². The van der Waals surface area contributed by atoms with E-state index in [4.69, 9.17) is 0 Å². The first-order valence-electron chi connectivity index (χ1n) is 5.86. The van der Waals surface area contributed by atoms with Gasteiger partial charge in [0.2, 0.25) is 5.91 Å². The van der Waals surface area contributed by atoms with Gasteiger partial charge in [-0.25, -0.2) is 0 Å². The van der Waals surface area contributed by atoms with Crippen LogP contribution >= 0.6 is 11.3 Å². The first-order chi connectivity index (χ1) is 9.74. The summed E-state index contributed by atoms with van der Waals surface area (Å²) in [6.45, 7) is 0.312. The van der Waals surface area contributed by atoms with Gasteiger partial charge in [0.1, 0.15) is 0 Å². The highest BCUT2D eigenvalue weighted by molar-refractivity contribution is 7.16. The van der Waals surface area contributed by atoms with E-state index in [1.807, 2.05) is 24.3 Å². The van der Waals surface area contributed by atoms with Crippen LogP contribution in [-0.2, 0) is 11.3 Å². The van der Waals surface area contributed by atoms with Crippen LogP contribution in [0.15, 0.2) is 29.1 Å². The summed E-state index contributed by atoms with van der Waals surface area (Å²) < 4.78 is 2.51. The van der Waals surface area contributed by atoms with Gasteiger partial charge in [-0.3, -0.25) is 19.5 Å². The highest BCUT2D eigenvalue weighted by Crippen LogP contribution is 2.16. The Hall–Kier alpha value is -2.55. The molecule has 0 bridgehead atoms. The molecule has 1 amide bonds. The summed E-state index contributed by atoms with van der Waals surface area (Å²) in [5.41, 5.74) is 0.842. The zero-order valence-corrected chi connectivity index (χ0v) is 11.1. The highest BCUT2D eigenvalue weighted by Gasteiger charge is 2.10. The lowest BCUT2D eigenvalue weighted by molar-refractivity contribution is -0.116. The molecule has 0 unspecified atom stereocenters. The van der Waals surface area contributed by atoms with E-state index >= 15 is 0 Å². The molecule has 0 aliphatic heterocycles. The Balaban J connectivity index is 1.72. The van der Waals surface area contributed by atoms with Gasteiger partial charge >= 0.3 is 4.87 Å². The molecule has 2 N–H and O–H groups in total. The number of benzene rings is 1. The van der Waals surface area contributed by atoms with Gasteiger partial charge in [0.25, 0.3) is 5.95 Å². The van der Waals surface area contributed by atoms with E-state index < -0.39 is 0 Å². The Morgan fingerprint density at radius 1 is 1.40 bits per heavy atom. The Kier molecular flexibility index (Phi) is 3.25. The van der Waals surface area contributed by atoms with Crippen molar-refractivity contribution in [3.05, 3.63) is 33.9 Å². The molecule has 102 valence electrons. The molecule has 20 heavy (non-hydrogen) atoms. The molecule has 0 saturated carbocycles. The van der Waals surface area contributed by atoms with Crippen molar-refractivity contribution in [2.24, 2.45) is 0 Å². The average Bonchev–Trinajstić information content (AvgIpc) is 3.03. The third kappa shape index (κ3) is 2.43. The minimum absolute atomic E-state index is 0.0708. The van der Waals surface area contributed by atoms with Crippen molar-refractivity contribution < 1.29 is 4.79 Å². The third-order valence-corrected chi connectivity index (χ3v) is 3.69. The van der Waals surface area contributed by atoms with Crippen molar-refractivity contribution in [3.63, 3.8) is 0 Å². The van der Waals surface area contributed by atoms with Crippen molar-refractivity contribution >= 4 is 33.4 Å². The van der Waals surface area contributed by atoms with Crippen LogP contribution in [0.4, 0.5) is 5.95 Å². The van der Waals surface area contributed by atoms with E-state index in [-0.39, 0.29) is 23.1 Å². The summed E-state index contributed by atoms with van der Waals surface area (Å²) in [5.74, 6) is -0.147. The third-order valence-electron chi connectivity index (χ3n) is 2.73. The SMILES string of the molecule is O=C(CCn1c(=O)sc2ccccc21)Nc1nn[nH]n1. The van der Waals surface area contributed by atoms with Crippen LogP contribution in [0.3, 0.4) is 0 Å². The number of nitrogens with one attached hydrogen (secondary N) is 2. The lowest BCUT2D eigenvalue weighted by atomic mass is 10.3. The lowest BCUT2D eigenvalue weighted by Crippen LogP contribution is -2.19. The van der Waals surface area contributed by atoms with Gasteiger partial charge < -0.3 is 0 Å². The molecule has 0 fully saturated rings. The number of anilines is 1. The zero-order valence-electron chi connectivity index (χ0n) is 10.2. The average molecular weight is 290 g/mol. The Morgan fingerprint density at radius 3 is 3.05 bits per heavy atom. The first-order valence-corrected chi connectivity index (χ1v) is 6.67. The van der Waals surface area contributed by atoms with Crippen LogP contribution in [0, 0.1) is 0 Å². The van der Waals surface area contributed by atoms with Gasteiger partial charge in [0.15, 0.2) is 0 Å². The fourth-order valence-electron chi connectivity index (χ4n) is 1.84. The van der Waals surface area contributed by atoms with Crippen molar-refractivity contribution in [2.75, 3.05) is 5.32 Å². The van der Waals surface area contributed by atoms with Crippen molar-refractivity contribution in [1.82, 2.24) is 25.2 Å². The molecule has 1 aromatic carbocycles. The number of thiazole rings is 1. The topological polar surface area (TPSA) is 106 Å². The molecule has 0 aliphatic rings. The highest BCUT2D eigenvalue weighted by atomic mass is 32.1. The summed E-state index contributed by atoms with van der Waals surface area (Å²) in [6.07, 6.45) is 0.162. The number of hydrogen-bond acceptors (Lipinski definition) is 6. The fourth-order valence-corrected chi connectivity index (χ4v) is 2.76. The van der Waals surface area contributed by atoms with E-state index in [2.05, 4.69) is 25.9 Å². The number of hydrogen-bond donors (Lipinski definition) is 2. The van der Waals surface area contributed by atoms with Crippen LogP contribution in [0.25, 0.3) is 10.2 Å². The minimum atomic E-state index is -0.270. The smallest absolute Gasteiger partial charge is 0.298 e. The predicted molar refractivity (Wildman–Crippen MR) is 73.5 cm³/mol. The number of H-pyrrole nitrogens is 1. The molecule has 0 radical (unpaired) electrons. The van der Waals surface area contributed by atoms with E-state index in [0.717, 1.165) is 10.2 Å². The molecule has 2 aromatic heterocycles. The van der Waals surface area contributed by atoms with Gasteiger partial charge in [-0.05, 0) is 17.3 Å². The Bertz CT molecular complexity index is 791. The number of aromatic nitrogens is 5. The molecule has 0 saturated heterocycles.